The highest BCUT2D eigenvalue weighted by molar-refractivity contribution is 5.73. The fourth-order valence-corrected chi connectivity index (χ4v) is 2.13. The van der Waals surface area contributed by atoms with Gasteiger partial charge in [0.15, 0.2) is 0 Å². The lowest BCUT2D eigenvalue weighted by Crippen LogP contribution is -2.30. The van der Waals surface area contributed by atoms with Gasteiger partial charge < -0.3 is 4.90 Å². The van der Waals surface area contributed by atoms with Crippen LogP contribution in [0.15, 0.2) is 0 Å². The number of unbranched alkanes of at least 4 members (excludes halogenated alkanes) is 7. The molecule has 0 bridgehead atoms. The zero-order valence-electron chi connectivity index (χ0n) is 12.1. The van der Waals surface area contributed by atoms with Crippen LogP contribution in [0.5, 0.6) is 0 Å². The first-order valence-corrected chi connectivity index (χ1v) is 7.47. The van der Waals surface area contributed by atoms with Crippen molar-refractivity contribution in [1.82, 2.24) is 4.90 Å². The summed E-state index contributed by atoms with van der Waals surface area (Å²) in [6.07, 6.45) is 11.7. The van der Waals surface area contributed by atoms with Gasteiger partial charge in [-0.2, -0.15) is 0 Å². The lowest BCUT2D eigenvalue weighted by atomic mass is 10.1. The summed E-state index contributed by atoms with van der Waals surface area (Å²) in [5.74, 6) is 0.231. The molecule has 0 rings (SSSR count). The number of carbonyl (C=O) groups excluding carboxylic acids is 1. The molecule has 0 saturated carbocycles. The van der Waals surface area contributed by atoms with Crippen molar-refractivity contribution in [2.45, 2.75) is 78.6 Å². The van der Waals surface area contributed by atoms with E-state index < -0.39 is 0 Å². The van der Waals surface area contributed by atoms with E-state index in [9.17, 15) is 4.79 Å². The van der Waals surface area contributed by atoms with Crippen molar-refractivity contribution in [1.29, 1.82) is 0 Å². The predicted octanol–water partition coefficient (Wildman–Crippen LogP) is 4.39. The molecule has 17 heavy (non-hydrogen) atoms. The highest BCUT2D eigenvalue weighted by Gasteiger charge is 2.05. The third kappa shape index (κ3) is 10.3. The minimum atomic E-state index is 0.231. The Labute approximate surface area is 108 Å². The topological polar surface area (TPSA) is 20.3 Å². The van der Waals surface area contributed by atoms with Gasteiger partial charge in [0.25, 0.3) is 0 Å². The Morgan fingerprint density at radius 3 is 1.76 bits per heavy atom. The lowest BCUT2D eigenvalue weighted by molar-refractivity contribution is -0.128. The fourth-order valence-electron chi connectivity index (χ4n) is 2.13. The predicted molar refractivity (Wildman–Crippen MR) is 75.2 cm³/mol. The van der Waals surface area contributed by atoms with Crippen LogP contribution in [-0.4, -0.2) is 23.9 Å². The molecule has 102 valence electrons. The van der Waals surface area contributed by atoms with E-state index in [1.165, 1.54) is 51.4 Å². The molecule has 0 aliphatic heterocycles. The molecule has 0 fully saturated rings. The summed E-state index contributed by atoms with van der Waals surface area (Å²) < 4.78 is 0. The third-order valence-corrected chi connectivity index (χ3v) is 3.22. The number of rotatable bonds is 11. The number of carbonyl (C=O) groups is 1. The first-order chi connectivity index (χ1) is 8.22. The standard InChI is InChI=1S/C15H31NO/c1-4-6-7-8-9-10-11-12-14-16(13-5-2)15(3)17/h4-14H2,1-3H3. The van der Waals surface area contributed by atoms with Crippen LogP contribution in [0.4, 0.5) is 0 Å². The molecule has 0 aromatic rings. The van der Waals surface area contributed by atoms with Crippen molar-refractivity contribution >= 4 is 5.91 Å². The van der Waals surface area contributed by atoms with Crippen molar-refractivity contribution in [3.63, 3.8) is 0 Å². The van der Waals surface area contributed by atoms with Gasteiger partial charge in [-0.15, -0.1) is 0 Å². The van der Waals surface area contributed by atoms with Gasteiger partial charge in [0, 0.05) is 20.0 Å². The van der Waals surface area contributed by atoms with E-state index in [1.54, 1.807) is 6.92 Å². The van der Waals surface area contributed by atoms with E-state index in [1.807, 2.05) is 4.90 Å². The van der Waals surface area contributed by atoms with E-state index in [-0.39, 0.29) is 5.91 Å². The molecule has 0 aromatic carbocycles. The minimum absolute atomic E-state index is 0.231. The number of amides is 1. The largest absolute Gasteiger partial charge is 0.343 e. The normalized spacial score (nSPS) is 10.5. The average Bonchev–Trinajstić information content (AvgIpc) is 2.31. The molecule has 0 atom stereocenters. The molecule has 0 heterocycles. The van der Waals surface area contributed by atoms with E-state index in [0.717, 1.165) is 19.5 Å². The quantitative estimate of drug-likeness (QED) is 0.491. The summed E-state index contributed by atoms with van der Waals surface area (Å²) in [4.78, 5) is 13.3. The summed E-state index contributed by atoms with van der Waals surface area (Å²) in [6, 6.07) is 0. The van der Waals surface area contributed by atoms with E-state index >= 15 is 0 Å². The van der Waals surface area contributed by atoms with Crippen LogP contribution in [0.25, 0.3) is 0 Å². The Morgan fingerprint density at radius 2 is 1.29 bits per heavy atom. The maximum absolute atomic E-state index is 11.3. The van der Waals surface area contributed by atoms with Crippen molar-refractivity contribution in [3.05, 3.63) is 0 Å². The number of hydrogen-bond acceptors (Lipinski definition) is 1. The van der Waals surface area contributed by atoms with Crippen LogP contribution in [0, 0.1) is 0 Å². The first kappa shape index (κ1) is 16.5. The molecule has 0 saturated heterocycles. The molecule has 2 nitrogen and oxygen atoms in total. The Kier molecular flexibility index (Phi) is 11.6. The second-order valence-corrected chi connectivity index (χ2v) is 4.98. The number of nitrogens with zero attached hydrogens (tertiary/aromatic N) is 1. The van der Waals surface area contributed by atoms with Crippen LogP contribution in [0.2, 0.25) is 0 Å². The van der Waals surface area contributed by atoms with Crippen LogP contribution in [-0.2, 0) is 4.79 Å². The van der Waals surface area contributed by atoms with E-state index in [0.29, 0.717) is 0 Å². The van der Waals surface area contributed by atoms with Gasteiger partial charge in [0.1, 0.15) is 0 Å². The van der Waals surface area contributed by atoms with Gasteiger partial charge in [0.2, 0.25) is 5.91 Å². The average molecular weight is 241 g/mol. The second kappa shape index (κ2) is 11.9. The van der Waals surface area contributed by atoms with Gasteiger partial charge in [0.05, 0.1) is 0 Å². The highest BCUT2D eigenvalue weighted by atomic mass is 16.2. The zero-order valence-corrected chi connectivity index (χ0v) is 12.1. The summed E-state index contributed by atoms with van der Waals surface area (Å²) in [7, 11) is 0. The molecule has 2 heteroatoms. The third-order valence-electron chi connectivity index (χ3n) is 3.22. The van der Waals surface area contributed by atoms with Crippen LogP contribution in [0.3, 0.4) is 0 Å². The van der Waals surface area contributed by atoms with Crippen LogP contribution < -0.4 is 0 Å². The monoisotopic (exact) mass is 241 g/mol. The van der Waals surface area contributed by atoms with Gasteiger partial charge in [-0.1, -0.05) is 58.8 Å². The Hall–Kier alpha value is -0.530. The van der Waals surface area contributed by atoms with Gasteiger partial charge in [-0.3, -0.25) is 4.79 Å². The molecule has 0 aliphatic rings. The van der Waals surface area contributed by atoms with Crippen LogP contribution in [0.1, 0.15) is 78.6 Å². The number of hydrogen-bond donors (Lipinski definition) is 0. The van der Waals surface area contributed by atoms with E-state index in [4.69, 9.17) is 0 Å². The zero-order chi connectivity index (χ0) is 12.9. The molecule has 0 aromatic heterocycles. The molecular formula is C15H31NO. The second-order valence-electron chi connectivity index (χ2n) is 4.98. The SMILES string of the molecule is CCCCCCCCCCN(CCC)C(C)=O. The Morgan fingerprint density at radius 1 is 0.765 bits per heavy atom. The van der Waals surface area contributed by atoms with Gasteiger partial charge >= 0.3 is 0 Å². The van der Waals surface area contributed by atoms with Crippen molar-refractivity contribution < 1.29 is 4.79 Å². The molecule has 0 radical (unpaired) electrons. The van der Waals surface area contributed by atoms with Crippen molar-refractivity contribution in [2.24, 2.45) is 0 Å². The molecular weight excluding hydrogens is 210 g/mol. The minimum Gasteiger partial charge on any atom is -0.343 e. The van der Waals surface area contributed by atoms with Crippen molar-refractivity contribution in [3.8, 4) is 0 Å². The summed E-state index contributed by atoms with van der Waals surface area (Å²) >= 11 is 0. The van der Waals surface area contributed by atoms with Crippen molar-refractivity contribution in [2.75, 3.05) is 13.1 Å². The molecule has 0 N–H and O–H groups in total. The van der Waals surface area contributed by atoms with Gasteiger partial charge in [-0.05, 0) is 12.8 Å². The first-order valence-electron chi connectivity index (χ1n) is 7.47. The summed E-state index contributed by atoms with van der Waals surface area (Å²) in [5.41, 5.74) is 0. The fraction of sp³-hybridized carbons (Fsp3) is 0.933. The maximum atomic E-state index is 11.3. The molecule has 1 amide bonds. The molecule has 0 spiro atoms. The Balaban J connectivity index is 3.33. The molecule has 0 aliphatic carbocycles. The van der Waals surface area contributed by atoms with Gasteiger partial charge in [-0.25, -0.2) is 0 Å². The maximum Gasteiger partial charge on any atom is 0.219 e. The molecule has 0 unspecified atom stereocenters. The smallest absolute Gasteiger partial charge is 0.219 e. The highest BCUT2D eigenvalue weighted by Crippen LogP contribution is 2.09. The summed E-state index contributed by atoms with van der Waals surface area (Å²) in [5, 5.41) is 0. The summed E-state index contributed by atoms with van der Waals surface area (Å²) in [6.45, 7) is 7.94. The lowest BCUT2D eigenvalue weighted by Gasteiger charge is -2.19. The Bertz CT molecular complexity index is 180. The van der Waals surface area contributed by atoms with E-state index in [2.05, 4.69) is 13.8 Å². The van der Waals surface area contributed by atoms with Crippen LogP contribution >= 0.6 is 0 Å².